The molecular weight excluding hydrogens is 212 g/mol. The Morgan fingerprint density at radius 2 is 2.12 bits per heavy atom. The lowest BCUT2D eigenvalue weighted by molar-refractivity contribution is -0.132. The molecule has 3 heteroatoms. The van der Waals surface area contributed by atoms with Gasteiger partial charge in [-0.2, -0.15) is 0 Å². The summed E-state index contributed by atoms with van der Waals surface area (Å²) in [5.41, 5.74) is 1.32. The van der Waals surface area contributed by atoms with Crippen LogP contribution in [-0.2, 0) is 11.2 Å². The summed E-state index contributed by atoms with van der Waals surface area (Å²) >= 11 is 0. The minimum Gasteiger partial charge on any atom is -0.337 e. The molecule has 0 bridgehead atoms. The van der Waals surface area contributed by atoms with E-state index in [2.05, 4.69) is 36.5 Å². The Kier molecular flexibility index (Phi) is 3.79. The fourth-order valence-corrected chi connectivity index (χ4v) is 2.40. The second-order valence-electron chi connectivity index (χ2n) is 4.82. The molecule has 1 amide bonds. The molecule has 2 atom stereocenters. The molecule has 3 nitrogen and oxygen atoms in total. The number of nitrogens with zero attached hydrogens (tertiary/aromatic N) is 1. The third-order valence-corrected chi connectivity index (χ3v) is 3.38. The molecular formula is C14H20N2O. The summed E-state index contributed by atoms with van der Waals surface area (Å²) in [6.45, 7) is 5.44. The number of rotatable bonds is 2. The third kappa shape index (κ3) is 3.07. The van der Waals surface area contributed by atoms with Gasteiger partial charge in [-0.1, -0.05) is 30.3 Å². The van der Waals surface area contributed by atoms with Gasteiger partial charge in [0.25, 0.3) is 0 Å². The Hall–Kier alpha value is -1.35. The van der Waals surface area contributed by atoms with Gasteiger partial charge in [-0.25, -0.2) is 0 Å². The molecule has 1 N–H and O–H groups in total. The Balaban J connectivity index is 1.97. The number of hydrogen-bond donors (Lipinski definition) is 1. The van der Waals surface area contributed by atoms with E-state index >= 15 is 0 Å². The Bertz CT molecular complexity index is 377. The van der Waals surface area contributed by atoms with E-state index in [0.29, 0.717) is 12.1 Å². The summed E-state index contributed by atoms with van der Waals surface area (Å²) in [5, 5.41) is 3.51. The monoisotopic (exact) mass is 232 g/mol. The fraction of sp³-hybridized carbons (Fsp3) is 0.500. The molecule has 92 valence electrons. The maximum absolute atomic E-state index is 11.5. The Labute approximate surface area is 103 Å². The Morgan fingerprint density at radius 1 is 1.41 bits per heavy atom. The van der Waals surface area contributed by atoms with Crippen molar-refractivity contribution in [3.05, 3.63) is 35.9 Å². The number of piperazine rings is 1. The lowest BCUT2D eigenvalue weighted by Crippen LogP contribution is -2.57. The van der Waals surface area contributed by atoms with Crippen LogP contribution in [0, 0.1) is 0 Å². The summed E-state index contributed by atoms with van der Waals surface area (Å²) < 4.78 is 0. The summed E-state index contributed by atoms with van der Waals surface area (Å²) in [7, 11) is 0. The second kappa shape index (κ2) is 5.32. The lowest BCUT2D eigenvalue weighted by atomic mass is 10.0. The average Bonchev–Trinajstić information content (AvgIpc) is 2.32. The molecule has 1 aromatic carbocycles. The SMILES string of the molecule is CC(=O)N1CC(Cc2ccccc2)NCC1C. The van der Waals surface area contributed by atoms with Gasteiger partial charge in [0.2, 0.25) is 5.91 Å². The molecule has 2 rings (SSSR count). The zero-order valence-electron chi connectivity index (χ0n) is 10.5. The van der Waals surface area contributed by atoms with Crippen molar-refractivity contribution in [3.63, 3.8) is 0 Å². The van der Waals surface area contributed by atoms with Gasteiger partial charge in [-0.05, 0) is 18.9 Å². The first-order valence-electron chi connectivity index (χ1n) is 6.21. The number of amides is 1. The number of hydrogen-bond acceptors (Lipinski definition) is 2. The largest absolute Gasteiger partial charge is 0.337 e. The van der Waals surface area contributed by atoms with Gasteiger partial charge in [-0.3, -0.25) is 4.79 Å². The van der Waals surface area contributed by atoms with Gasteiger partial charge in [0.1, 0.15) is 0 Å². The molecule has 1 aromatic rings. The first-order chi connectivity index (χ1) is 8.16. The molecule has 17 heavy (non-hydrogen) atoms. The van der Waals surface area contributed by atoms with Crippen LogP contribution in [-0.4, -0.2) is 36.0 Å². The number of benzene rings is 1. The van der Waals surface area contributed by atoms with E-state index in [1.807, 2.05) is 11.0 Å². The highest BCUT2D eigenvalue weighted by atomic mass is 16.2. The van der Waals surface area contributed by atoms with Crippen LogP contribution < -0.4 is 5.32 Å². The molecule has 1 fully saturated rings. The quantitative estimate of drug-likeness (QED) is 0.837. The van der Waals surface area contributed by atoms with Crippen LogP contribution in [0.2, 0.25) is 0 Å². The van der Waals surface area contributed by atoms with Gasteiger partial charge >= 0.3 is 0 Å². The molecule has 1 saturated heterocycles. The van der Waals surface area contributed by atoms with E-state index in [4.69, 9.17) is 0 Å². The fourth-order valence-electron chi connectivity index (χ4n) is 2.40. The van der Waals surface area contributed by atoms with Crippen molar-refractivity contribution in [1.82, 2.24) is 10.2 Å². The highest BCUT2D eigenvalue weighted by molar-refractivity contribution is 5.73. The molecule has 1 aliphatic heterocycles. The Morgan fingerprint density at radius 3 is 2.76 bits per heavy atom. The molecule has 2 unspecified atom stereocenters. The summed E-state index contributed by atoms with van der Waals surface area (Å²) in [6.07, 6.45) is 0.983. The van der Waals surface area contributed by atoms with Crippen LogP contribution in [0.1, 0.15) is 19.4 Å². The van der Waals surface area contributed by atoms with Crippen LogP contribution in [0.25, 0.3) is 0 Å². The first-order valence-corrected chi connectivity index (χ1v) is 6.21. The lowest BCUT2D eigenvalue weighted by Gasteiger charge is -2.38. The number of carbonyl (C=O) groups is 1. The number of carbonyl (C=O) groups excluding carboxylic acids is 1. The standard InChI is InChI=1S/C14H20N2O/c1-11-9-15-14(10-16(11)12(2)17)8-13-6-4-3-5-7-13/h3-7,11,14-15H,8-10H2,1-2H3. The summed E-state index contributed by atoms with van der Waals surface area (Å²) in [5.74, 6) is 0.178. The normalized spacial score (nSPS) is 24.7. The summed E-state index contributed by atoms with van der Waals surface area (Å²) in [6, 6.07) is 11.1. The van der Waals surface area contributed by atoms with Crippen LogP contribution in [0.4, 0.5) is 0 Å². The summed E-state index contributed by atoms with van der Waals surface area (Å²) in [4.78, 5) is 13.5. The number of nitrogens with one attached hydrogen (secondary N) is 1. The van der Waals surface area contributed by atoms with E-state index in [0.717, 1.165) is 19.5 Å². The first kappa shape index (κ1) is 12.1. The van der Waals surface area contributed by atoms with E-state index < -0.39 is 0 Å². The van der Waals surface area contributed by atoms with E-state index in [9.17, 15) is 4.79 Å². The van der Waals surface area contributed by atoms with Crippen molar-refractivity contribution in [2.45, 2.75) is 32.4 Å². The molecule has 0 saturated carbocycles. The third-order valence-electron chi connectivity index (χ3n) is 3.38. The molecule has 0 aliphatic carbocycles. The van der Waals surface area contributed by atoms with E-state index in [-0.39, 0.29) is 5.91 Å². The van der Waals surface area contributed by atoms with Crippen LogP contribution in [0.15, 0.2) is 30.3 Å². The molecule has 1 heterocycles. The predicted octanol–water partition coefficient (Wildman–Crippen LogP) is 1.44. The second-order valence-corrected chi connectivity index (χ2v) is 4.82. The minimum atomic E-state index is 0.178. The highest BCUT2D eigenvalue weighted by Gasteiger charge is 2.26. The van der Waals surface area contributed by atoms with Crippen molar-refractivity contribution in [1.29, 1.82) is 0 Å². The van der Waals surface area contributed by atoms with E-state index in [1.165, 1.54) is 5.56 Å². The maximum atomic E-state index is 11.5. The molecule has 0 spiro atoms. The van der Waals surface area contributed by atoms with E-state index in [1.54, 1.807) is 6.92 Å². The van der Waals surface area contributed by atoms with Gasteiger partial charge in [0.15, 0.2) is 0 Å². The maximum Gasteiger partial charge on any atom is 0.219 e. The van der Waals surface area contributed by atoms with Crippen molar-refractivity contribution in [3.8, 4) is 0 Å². The highest BCUT2D eigenvalue weighted by Crippen LogP contribution is 2.11. The smallest absolute Gasteiger partial charge is 0.219 e. The zero-order valence-corrected chi connectivity index (χ0v) is 10.5. The molecule has 0 radical (unpaired) electrons. The topological polar surface area (TPSA) is 32.3 Å². The van der Waals surface area contributed by atoms with Gasteiger partial charge in [0.05, 0.1) is 0 Å². The van der Waals surface area contributed by atoms with Crippen molar-refractivity contribution in [2.24, 2.45) is 0 Å². The van der Waals surface area contributed by atoms with Crippen molar-refractivity contribution >= 4 is 5.91 Å². The van der Waals surface area contributed by atoms with Gasteiger partial charge in [0, 0.05) is 32.1 Å². The molecule has 0 aromatic heterocycles. The van der Waals surface area contributed by atoms with Crippen molar-refractivity contribution < 1.29 is 4.79 Å². The van der Waals surface area contributed by atoms with Crippen LogP contribution >= 0.6 is 0 Å². The zero-order chi connectivity index (χ0) is 12.3. The minimum absolute atomic E-state index is 0.178. The molecule has 1 aliphatic rings. The van der Waals surface area contributed by atoms with Gasteiger partial charge in [-0.15, -0.1) is 0 Å². The van der Waals surface area contributed by atoms with Crippen LogP contribution in [0.3, 0.4) is 0 Å². The van der Waals surface area contributed by atoms with Crippen LogP contribution in [0.5, 0.6) is 0 Å². The van der Waals surface area contributed by atoms with Crippen molar-refractivity contribution in [2.75, 3.05) is 13.1 Å². The van der Waals surface area contributed by atoms with Gasteiger partial charge < -0.3 is 10.2 Å². The predicted molar refractivity (Wildman–Crippen MR) is 68.8 cm³/mol. The average molecular weight is 232 g/mol.